The quantitative estimate of drug-likeness (QED) is 0.213. The molecule has 0 heterocycles. The van der Waals surface area contributed by atoms with Crippen LogP contribution in [0.2, 0.25) is 0 Å². The molecule has 5 nitrogen and oxygen atoms in total. The van der Waals surface area contributed by atoms with Gasteiger partial charge in [-0.3, -0.25) is 9.59 Å². The van der Waals surface area contributed by atoms with Crippen LogP contribution in [0.25, 0.3) is 0 Å². The second-order valence-electron chi connectivity index (χ2n) is 8.68. The molecule has 0 saturated heterocycles. The molecule has 3 aromatic rings. The van der Waals surface area contributed by atoms with Crippen LogP contribution >= 0.6 is 22.6 Å². The van der Waals surface area contributed by atoms with Gasteiger partial charge >= 0.3 is 24.2 Å². The maximum absolute atomic E-state index is 15.4. The van der Waals surface area contributed by atoms with Crippen LogP contribution in [-0.4, -0.2) is 31.2 Å². The van der Waals surface area contributed by atoms with Gasteiger partial charge in [0.15, 0.2) is 5.82 Å². The molecule has 0 aliphatic heterocycles. The summed E-state index contributed by atoms with van der Waals surface area (Å²) < 4.78 is 149. The second-order valence-corrected chi connectivity index (χ2v) is 9.84. The Balaban J connectivity index is 2.06. The molecule has 0 unspecified atom stereocenters. The Morgan fingerprint density at radius 1 is 0.884 bits per heavy atom. The molecule has 0 aromatic heterocycles. The third-order valence-electron chi connectivity index (χ3n) is 5.96. The van der Waals surface area contributed by atoms with Gasteiger partial charge in [0.25, 0.3) is 11.8 Å². The number of nitrogens with one attached hydrogen (secondary N) is 1. The van der Waals surface area contributed by atoms with Crippen LogP contribution in [0.15, 0.2) is 54.6 Å². The SMILES string of the molecule is CN(C(=O)c1ccc(C#N)cc1)c1cccc(C(=O)Nc2c(I)cc(C(F)(C(F)(F)F)C(F)(F)F)cc2C(F)(F)F)c1F. The summed E-state index contributed by atoms with van der Waals surface area (Å²) in [6, 6.07) is 8.85. The lowest BCUT2D eigenvalue weighted by Crippen LogP contribution is -2.50. The van der Waals surface area contributed by atoms with E-state index in [1.54, 1.807) is 5.32 Å². The van der Waals surface area contributed by atoms with Gasteiger partial charge in [-0.15, -0.1) is 0 Å². The van der Waals surface area contributed by atoms with E-state index in [-0.39, 0.29) is 17.2 Å². The lowest BCUT2D eigenvalue weighted by molar-refractivity contribution is -0.348. The molecule has 17 heteroatoms. The highest BCUT2D eigenvalue weighted by molar-refractivity contribution is 14.1. The van der Waals surface area contributed by atoms with E-state index in [9.17, 15) is 53.5 Å². The van der Waals surface area contributed by atoms with Crippen molar-refractivity contribution in [1.29, 1.82) is 5.26 Å². The van der Waals surface area contributed by atoms with Gasteiger partial charge < -0.3 is 10.2 Å². The largest absolute Gasteiger partial charge is 0.435 e. The number of alkyl halides is 10. The van der Waals surface area contributed by atoms with E-state index in [1.165, 1.54) is 24.3 Å². The van der Waals surface area contributed by atoms with Crippen molar-refractivity contribution in [2.24, 2.45) is 0 Å². The van der Waals surface area contributed by atoms with Crippen LogP contribution in [0.4, 0.5) is 59.7 Å². The number of nitriles is 1. The Bertz CT molecular complexity index is 1600. The van der Waals surface area contributed by atoms with Crippen LogP contribution < -0.4 is 10.2 Å². The number of anilines is 2. The van der Waals surface area contributed by atoms with Crippen molar-refractivity contribution < 1.29 is 57.9 Å². The maximum Gasteiger partial charge on any atom is 0.435 e. The van der Waals surface area contributed by atoms with Crippen LogP contribution in [-0.2, 0) is 11.8 Å². The first-order valence-corrected chi connectivity index (χ1v) is 12.3. The topological polar surface area (TPSA) is 73.2 Å². The summed E-state index contributed by atoms with van der Waals surface area (Å²) in [6.45, 7) is 0. The first-order valence-electron chi connectivity index (χ1n) is 11.3. The molecule has 228 valence electrons. The van der Waals surface area contributed by atoms with Crippen molar-refractivity contribution in [2.75, 3.05) is 17.3 Å². The molecule has 0 bridgehead atoms. The van der Waals surface area contributed by atoms with Crippen molar-refractivity contribution in [3.63, 3.8) is 0 Å². The smallest absolute Gasteiger partial charge is 0.320 e. The lowest BCUT2D eigenvalue weighted by Gasteiger charge is -2.31. The lowest BCUT2D eigenvalue weighted by atomic mass is 9.92. The first-order chi connectivity index (χ1) is 19.6. The van der Waals surface area contributed by atoms with Gasteiger partial charge in [-0.2, -0.15) is 44.8 Å². The number of amides is 2. The van der Waals surface area contributed by atoms with Crippen molar-refractivity contribution in [2.45, 2.75) is 24.2 Å². The summed E-state index contributed by atoms with van der Waals surface area (Å²) in [5, 5.41) is 10.5. The maximum atomic E-state index is 15.4. The molecule has 43 heavy (non-hydrogen) atoms. The van der Waals surface area contributed by atoms with Crippen molar-refractivity contribution >= 4 is 45.8 Å². The fraction of sp³-hybridized carbons (Fsp3) is 0.192. The van der Waals surface area contributed by atoms with Crippen LogP contribution in [0.5, 0.6) is 0 Å². The summed E-state index contributed by atoms with van der Waals surface area (Å²) in [6.07, 6.45) is -19.1. The molecule has 3 aromatic carbocycles. The van der Waals surface area contributed by atoms with Crippen molar-refractivity contribution in [3.05, 3.63) is 91.8 Å². The predicted octanol–water partition coefficient (Wildman–Crippen LogP) is 8.14. The van der Waals surface area contributed by atoms with E-state index < -0.39 is 79.5 Å². The molecule has 0 fully saturated rings. The summed E-state index contributed by atoms with van der Waals surface area (Å²) in [5.41, 5.74) is -13.6. The summed E-state index contributed by atoms with van der Waals surface area (Å²) in [7, 11) is 1.09. The number of rotatable bonds is 5. The number of halogens is 12. The van der Waals surface area contributed by atoms with Crippen molar-refractivity contribution in [3.8, 4) is 6.07 Å². The number of hydrogen-bond acceptors (Lipinski definition) is 3. The minimum Gasteiger partial charge on any atom is -0.320 e. The molecule has 3 rings (SSSR count). The zero-order valence-electron chi connectivity index (χ0n) is 20.9. The van der Waals surface area contributed by atoms with E-state index in [1.807, 2.05) is 6.07 Å². The van der Waals surface area contributed by atoms with Gasteiger partial charge in [-0.05, 0) is 71.1 Å². The zero-order chi connectivity index (χ0) is 32.7. The zero-order valence-corrected chi connectivity index (χ0v) is 23.1. The average molecular weight is 735 g/mol. The van der Waals surface area contributed by atoms with Gasteiger partial charge in [0, 0.05) is 21.7 Å². The number of nitrogens with zero attached hydrogens (tertiary/aromatic N) is 2. The Morgan fingerprint density at radius 2 is 1.44 bits per heavy atom. The Morgan fingerprint density at radius 3 is 1.93 bits per heavy atom. The highest BCUT2D eigenvalue weighted by Gasteiger charge is 2.73. The molecule has 1 N–H and O–H groups in total. The van der Waals surface area contributed by atoms with Gasteiger partial charge in [0.2, 0.25) is 0 Å². The number of benzene rings is 3. The van der Waals surface area contributed by atoms with E-state index >= 15 is 4.39 Å². The molecular weight excluding hydrogens is 722 g/mol. The highest BCUT2D eigenvalue weighted by atomic mass is 127. The summed E-state index contributed by atoms with van der Waals surface area (Å²) in [5.74, 6) is -3.89. The van der Waals surface area contributed by atoms with Gasteiger partial charge in [0.1, 0.15) is 0 Å². The van der Waals surface area contributed by atoms with Crippen LogP contribution in [0.3, 0.4) is 0 Å². The Kier molecular flexibility index (Phi) is 9.07. The van der Waals surface area contributed by atoms with E-state index in [0.29, 0.717) is 0 Å². The number of carbonyl (C=O) groups is 2. The minimum absolute atomic E-state index is 0.0122. The Labute approximate surface area is 248 Å². The summed E-state index contributed by atoms with van der Waals surface area (Å²) in [4.78, 5) is 26.4. The Hall–Kier alpha value is -3.95. The monoisotopic (exact) mass is 735 g/mol. The van der Waals surface area contributed by atoms with Crippen LogP contribution in [0, 0.1) is 20.7 Å². The molecule has 2 amide bonds. The van der Waals surface area contributed by atoms with Gasteiger partial charge in [-0.1, -0.05) is 6.07 Å². The first kappa shape index (κ1) is 33.6. The standard InChI is InChI=1S/C26H13F11IN3O2/c1-41(22(43)13-7-5-12(11-39)6-8-13)18-4-2-3-15(19(18)27)21(42)40-20-16(24(29,30)31)9-14(10-17(20)38)23(28,25(32,33)34)26(35,36)37/h2-10H,1H3,(H,40,42). The molecule has 0 spiro atoms. The third kappa shape index (κ3) is 6.38. The number of hydrogen-bond donors (Lipinski definition) is 1. The van der Waals surface area contributed by atoms with E-state index in [0.717, 1.165) is 52.7 Å². The van der Waals surface area contributed by atoms with E-state index in [2.05, 4.69) is 0 Å². The summed E-state index contributed by atoms with van der Waals surface area (Å²) >= 11 is 0.864. The third-order valence-corrected chi connectivity index (χ3v) is 6.81. The van der Waals surface area contributed by atoms with E-state index in [4.69, 9.17) is 5.26 Å². The number of carbonyl (C=O) groups excluding carboxylic acids is 2. The molecule has 0 atom stereocenters. The van der Waals surface area contributed by atoms with Gasteiger partial charge in [0.05, 0.1) is 34.1 Å². The fourth-order valence-electron chi connectivity index (χ4n) is 3.77. The van der Waals surface area contributed by atoms with Crippen molar-refractivity contribution in [1.82, 2.24) is 0 Å². The molecular formula is C26H13F11IN3O2. The predicted molar refractivity (Wildman–Crippen MR) is 137 cm³/mol. The highest BCUT2D eigenvalue weighted by Crippen LogP contribution is 2.54. The molecule has 0 radical (unpaired) electrons. The average Bonchev–Trinajstić information content (AvgIpc) is 2.90. The molecule has 0 saturated carbocycles. The van der Waals surface area contributed by atoms with Crippen LogP contribution in [0.1, 0.15) is 37.4 Å². The molecule has 0 aliphatic rings. The molecule has 0 aliphatic carbocycles. The fourth-order valence-corrected chi connectivity index (χ4v) is 4.53. The van der Waals surface area contributed by atoms with Gasteiger partial charge in [-0.25, -0.2) is 8.78 Å². The second kappa shape index (κ2) is 11.6. The normalized spacial score (nSPS) is 12.5. The minimum atomic E-state index is -6.72.